The highest BCUT2D eigenvalue weighted by Gasteiger charge is 2.19. The molecule has 172 valence electrons. The number of carbonyl (C=O) groups excluding carboxylic acids is 2. The lowest BCUT2D eigenvalue weighted by Crippen LogP contribution is -2.36. The lowest BCUT2D eigenvalue weighted by Gasteiger charge is -2.17. The number of thiophene rings is 1. The number of ether oxygens (including phenoxy) is 3. The van der Waals surface area contributed by atoms with E-state index >= 15 is 0 Å². The average molecular weight is 467 g/mol. The van der Waals surface area contributed by atoms with Crippen LogP contribution in [0.15, 0.2) is 65.7 Å². The molecule has 1 heterocycles. The highest BCUT2D eigenvalue weighted by Crippen LogP contribution is 2.27. The van der Waals surface area contributed by atoms with Crippen molar-refractivity contribution in [3.8, 4) is 17.2 Å². The number of benzene rings is 2. The average Bonchev–Trinajstić information content (AvgIpc) is 3.36. The first-order valence-electron chi connectivity index (χ1n) is 10.2. The molecule has 0 unspecified atom stereocenters. The van der Waals surface area contributed by atoms with Gasteiger partial charge in [0.05, 0.1) is 27.4 Å². The summed E-state index contributed by atoms with van der Waals surface area (Å²) in [6.45, 7) is 1.87. The summed E-state index contributed by atoms with van der Waals surface area (Å²) in [7, 11) is 4.62. The number of hydrogen-bond donors (Lipinski definition) is 2. The Morgan fingerprint density at radius 2 is 1.67 bits per heavy atom. The third-order valence-corrected chi connectivity index (χ3v) is 5.75. The molecule has 0 bridgehead atoms. The van der Waals surface area contributed by atoms with Gasteiger partial charge in [-0.3, -0.25) is 9.59 Å². The lowest BCUT2D eigenvalue weighted by molar-refractivity contribution is -0.118. The number of rotatable bonds is 9. The minimum absolute atomic E-state index is 0.137. The van der Waals surface area contributed by atoms with Gasteiger partial charge >= 0.3 is 0 Å². The lowest BCUT2D eigenvalue weighted by atomic mass is 10.1. The molecule has 2 N–H and O–H groups in total. The van der Waals surface area contributed by atoms with E-state index in [1.807, 2.05) is 48.7 Å². The zero-order valence-corrected chi connectivity index (χ0v) is 19.7. The molecule has 0 saturated carbocycles. The van der Waals surface area contributed by atoms with Gasteiger partial charge in [0.2, 0.25) is 0 Å². The normalized spacial score (nSPS) is 11.9. The third kappa shape index (κ3) is 6.14. The molecule has 1 aromatic heterocycles. The Morgan fingerprint density at radius 1 is 0.939 bits per heavy atom. The van der Waals surface area contributed by atoms with E-state index in [2.05, 4.69) is 10.6 Å². The van der Waals surface area contributed by atoms with Gasteiger partial charge in [-0.1, -0.05) is 18.2 Å². The smallest absolute Gasteiger partial charge is 0.268 e. The van der Waals surface area contributed by atoms with Gasteiger partial charge < -0.3 is 24.8 Å². The first kappa shape index (κ1) is 23.9. The van der Waals surface area contributed by atoms with Gasteiger partial charge in [-0.15, -0.1) is 11.3 Å². The SMILES string of the molecule is COc1ccc([C@H](C)NC(=O)/C(=C/c2cccs2)NC(=O)c2ccc(OC)c(OC)c2)cc1. The number of amides is 2. The summed E-state index contributed by atoms with van der Waals surface area (Å²) in [5.41, 5.74) is 1.38. The van der Waals surface area contributed by atoms with E-state index in [9.17, 15) is 9.59 Å². The number of hydrogen-bond acceptors (Lipinski definition) is 6. The molecule has 3 aromatic rings. The summed E-state index contributed by atoms with van der Waals surface area (Å²) in [6, 6.07) is 15.7. The van der Waals surface area contributed by atoms with Crippen molar-refractivity contribution in [2.75, 3.05) is 21.3 Å². The second-order valence-corrected chi connectivity index (χ2v) is 8.04. The van der Waals surface area contributed by atoms with E-state index in [1.54, 1.807) is 31.4 Å². The van der Waals surface area contributed by atoms with Gasteiger partial charge in [-0.25, -0.2) is 0 Å². The molecule has 1 atom stereocenters. The van der Waals surface area contributed by atoms with E-state index < -0.39 is 11.8 Å². The molecular weight excluding hydrogens is 440 g/mol. The Balaban J connectivity index is 1.81. The molecule has 0 aliphatic rings. The summed E-state index contributed by atoms with van der Waals surface area (Å²) < 4.78 is 15.7. The highest BCUT2D eigenvalue weighted by atomic mass is 32.1. The molecule has 0 fully saturated rings. The van der Waals surface area contributed by atoms with E-state index in [-0.39, 0.29) is 11.7 Å². The quantitative estimate of drug-likeness (QED) is 0.456. The first-order chi connectivity index (χ1) is 15.9. The van der Waals surface area contributed by atoms with Crippen LogP contribution in [0.25, 0.3) is 6.08 Å². The fourth-order valence-corrected chi connectivity index (χ4v) is 3.75. The Morgan fingerprint density at radius 3 is 2.27 bits per heavy atom. The number of nitrogens with one attached hydrogen (secondary N) is 2. The van der Waals surface area contributed by atoms with Crippen LogP contribution in [0, 0.1) is 0 Å². The van der Waals surface area contributed by atoms with E-state index in [4.69, 9.17) is 14.2 Å². The van der Waals surface area contributed by atoms with Gasteiger partial charge in [0, 0.05) is 10.4 Å². The predicted octanol–water partition coefficient (Wildman–Crippen LogP) is 4.42. The summed E-state index contributed by atoms with van der Waals surface area (Å²) in [6.07, 6.45) is 1.65. The summed E-state index contributed by atoms with van der Waals surface area (Å²) in [4.78, 5) is 26.9. The van der Waals surface area contributed by atoms with Crippen LogP contribution in [-0.4, -0.2) is 33.1 Å². The van der Waals surface area contributed by atoms with Crippen molar-refractivity contribution in [2.24, 2.45) is 0 Å². The minimum Gasteiger partial charge on any atom is -0.497 e. The van der Waals surface area contributed by atoms with Crippen molar-refractivity contribution in [3.63, 3.8) is 0 Å². The fourth-order valence-electron chi connectivity index (χ4n) is 3.10. The molecular formula is C25H26N2O5S. The van der Waals surface area contributed by atoms with Crippen LogP contribution in [0.5, 0.6) is 17.2 Å². The number of methoxy groups -OCH3 is 3. The Bertz CT molecular complexity index is 1120. The van der Waals surface area contributed by atoms with E-state index in [0.717, 1.165) is 16.2 Å². The zero-order valence-electron chi connectivity index (χ0n) is 18.9. The van der Waals surface area contributed by atoms with Crippen molar-refractivity contribution >= 4 is 29.2 Å². The van der Waals surface area contributed by atoms with Crippen molar-refractivity contribution in [2.45, 2.75) is 13.0 Å². The van der Waals surface area contributed by atoms with Gasteiger partial charge in [-0.05, 0) is 60.3 Å². The van der Waals surface area contributed by atoms with Crippen LogP contribution in [0.3, 0.4) is 0 Å². The van der Waals surface area contributed by atoms with Crippen molar-refractivity contribution < 1.29 is 23.8 Å². The molecule has 2 amide bonds. The summed E-state index contributed by atoms with van der Waals surface area (Å²) >= 11 is 1.46. The maximum absolute atomic E-state index is 13.1. The predicted molar refractivity (Wildman–Crippen MR) is 129 cm³/mol. The van der Waals surface area contributed by atoms with Crippen molar-refractivity contribution in [3.05, 3.63) is 81.7 Å². The zero-order chi connectivity index (χ0) is 23.8. The summed E-state index contributed by atoms with van der Waals surface area (Å²) in [5.74, 6) is 0.824. The van der Waals surface area contributed by atoms with E-state index in [1.165, 1.54) is 25.6 Å². The molecule has 3 rings (SSSR count). The topological polar surface area (TPSA) is 85.9 Å². The van der Waals surface area contributed by atoms with Gasteiger partial charge in [-0.2, -0.15) is 0 Å². The minimum atomic E-state index is -0.439. The Kier molecular flexibility index (Phi) is 8.10. The Labute approximate surface area is 197 Å². The van der Waals surface area contributed by atoms with Crippen LogP contribution in [0.2, 0.25) is 0 Å². The largest absolute Gasteiger partial charge is 0.497 e. The van der Waals surface area contributed by atoms with Crippen LogP contribution < -0.4 is 24.8 Å². The van der Waals surface area contributed by atoms with Crippen molar-refractivity contribution in [1.82, 2.24) is 10.6 Å². The number of carbonyl (C=O) groups is 2. The molecule has 0 saturated heterocycles. The molecule has 0 spiro atoms. The van der Waals surface area contributed by atoms with Crippen LogP contribution in [-0.2, 0) is 4.79 Å². The second-order valence-electron chi connectivity index (χ2n) is 7.07. The third-order valence-electron chi connectivity index (χ3n) is 4.93. The molecule has 7 nitrogen and oxygen atoms in total. The van der Waals surface area contributed by atoms with Crippen LogP contribution in [0.1, 0.15) is 33.8 Å². The second kappa shape index (κ2) is 11.2. The monoisotopic (exact) mass is 466 g/mol. The maximum Gasteiger partial charge on any atom is 0.268 e. The highest BCUT2D eigenvalue weighted by molar-refractivity contribution is 7.10. The molecule has 2 aromatic carbocycles. The van der Waals surface area contributed by atoms with Crippen LogP contribution >= 0.6 is 11.3 Å². The first-order valence-corrected chi connectivity index (χ1v) is 11.1. The van der Waals surface area contributed by atoms with Gasteiger partial charge in [0.1, 0.15) is 11.4 Å². The van der Waals surface area contributed by atoms with Crippen LogP contribution in [0.4, 0.5) is 0 Å². The Hall–Kier alpha value is -3.78. The van der Waals surface area contributed by atoms with Gasteiger partial charge in [0.25, 0.3) is 11.8 Å². The fraction of sp³-hybridized carbons (Fsp3) is 0.200. The maximum atomic E-state index is 13.1. The van der Waals surface area contributed by atoms with Gasteiger partial charge in [0.15, 0.2) is 11.5 Å². The van der Waals surface area contributed by atoms with E-state index in [0.29, 0.717) is 17.1 Å². The standard InChI is InChI=1S/C25H26N2O5S/c1-16(17-7-10-19(30-2)11-8-17)26-25(29)21(15-20-6-5-13-33-20)27-24(28)18-9-12-22(31-3)23(14-18)32-4/h5-16H,1-4H3,(H,26,29)(H,27,28)/b21-15-/t16-/m0/s1. The molecule has 0 aliphatic carbocycles. The summed E-state index contributed by atoms with van der Waals surface area (Å²) in [5, 5.41) is 7.58. The molecule has 0 radical (unpaired) electrons. The molecule has 8 heteroatoms. The van der Waals surface area contributed by atoms with Crippen molar-refractivity contribution in [1.29, 1.82) is 0 Å². The molecule has 33 heavy (non-hydrogen) atoms. The molecule has 0 aliphatic heterocycles.